The zero-order chi connectivity index (χ0) is 41.0. The number of fused-ring (bicyclic) bond motifs is 1. The maximum atomic E-state index is 9.29. The van der Waals surface area contributed by atoms with E-state index in [1.165, 1.54) is 30.6 Å². The van der Waals surface area contributed by atoms with Crippen LogP contribution in [0, 0.1) is 62.8 Å². The summed E-state index contributed by atoms with van der Waals surface area (Å²) in [6.45, 7) is 32.3. The molecule has 274 valence electrons. The predicted molar refractivity (Wildman–Crippen MR) is 214 cm³/mol. The van der Waals surface area contributed by atoms with E-state index in [0.717, 1.165) is 16.5 Å². The van der Waals surface area contributed by atoms with E-state index >= 15 is 0 Å². The molecule has 0 bridgehead atoms. The van der Waals surface area contributed by atoms with Crippen LogP contribution in [0.1, 0.15) is 22.3 Å². The molecule has 0 saturated carbocycles. The second-order valence-corrected chi connectivity index (χ2v) is 12.0. The van der Waals surface area contributed by atoms with Crippen LogP contribution in [0.15, 0.2) is 116 Å². The minimum Gasteiger partial charge on any atom is -0.456 e. The SMILES string of the molecule is [C-]#[N+]c1ccc(Oc2cc(Oc3ccc(C)c(C#N)c3)c3ccccc3n2)cc1[N+]#[C-].[C-]#[N+]c1ccc(Oc2cc(Oc3ccc(C)c(C#N)c3)ncn2)cc1[N+]#[C-]. The third kappa shape index (κ3) is 9.08. The second-order valence-electron chi connectivity index (χ2n) is 12.0. The number of rotatable bonds is 8. The largest absolute Gasteiger partial charge is 0.456 e. The molecule has 2 heterocycles. The summed E-state index contributed by atoms with van der Waals surface area (Å²) in [7, 11) is 0. The van der Waals surface area contributed by atoms with Gasteiger partial charge in [-0.1, -0.05) is 36.4 Å². The van der Waals surface area contributed by atoms with E-state index in [-0.39, 0.29) is 40.4 Å². The fourth-order valence-corrected chi connectivity index (χ4v) is 5.25. The molecule has 2 aromatic heterocycles. The minimum absolute atomic E-state index is 0.205. The molecule has 0 saturated heterocycles. The highest BCUT2D eigenvalue weighted by Gasteiger charge is 2.13. The van der Waals surface area contributed by atoms with E-state index in [0.29, 0.717) is 45.4 Å². The predicted octanol–water partition coefficient (Wildman–Crippen LogP) is 12.4. The van der Waals surface area contributed by atoms with Crippen LogP contribution in [0.2, 0.25) is 0 Å². The molecule has 0 aliphatic rings. The van der Waals surface area contributed by atoms with Gasteiger partial charge in [0, 0.05) is 11.5 Å². The first-order valence-electron chi connectivity index (χ1n) is 17.0. The number of aromatic nitrogens is 3. The van der Waals surface area contributed by atoms with Gasteiger partial charge in [0.2, 0.25) is 17.6 Å². The molecule has 0 spiro atoms. The zero-order valence-corrected chi connectivity index (χ0v) is 30.6. The highest BCUT2D eigenvalue weighted by Crippen LogP contribution is 2.38. The van der Waals surface area contributed by atoms with Gasteiger partial charge in [-0.05, 0) is 85.6 Å². The molecule has 0 fully saturated rings. The topological polar surface area (TPSA) is 141 Å². The number of ether oxygens (including phenoxy) is 4. The van der Waals surface area contributed by atoms with Crippen molar-refractivity contribution < 1.29 is 18.9 Å². The zero-order valence-electron chi connectivity index (χ0n) is 30.6. The Morgan fingerprint density at radius 1 is 0.500 bits per heavy atom. The van der Waals surface area contributed by atoms with Crippen LogP contribution in [0.25, 0.3) is 30.3 Å². The molecule has 0 N–H and O–H groups in total. The molecule has 0 atom stereocenters. The summed E-state index contributed by atoms with van der Waals surface area (Å²) >= 11 is 0. The van der Waals surface area contributed by atoms with Gasteiger partial charge in [0.15, 0.2) is 22.7 Å². The van der Waals surface area contributed by atoms with Crippen molar-refractivity contribution in [1.29, 1.82) is 10.5 Å². The first-order valence-corrected chi connectivity index (χ1v) is 17.0. The number of hydrogen-bond acceptors (Lipinski definition) is 9. The first-order chi connectivity index (χ1) is 28.2. The summed E-state index contributed by atoms with van der Waals surface area (Å²) in [5.74, 6) is 3.05. The number of hydrogen-bond donors (Lipinski definition) is 0. The van der Waals surface area contributed by atoms with Gasteiger partial charge in [0.05, 0.1) is 61.1 Å². The normalized spacial score (nSPS) is 9.79. The molecule has 0 aliphatic heterocycles. The van der Waals surface area contributed by atoms with Crippen molar-refractivity contribution in [2.75, 3.05) is 0 Å². The molecule has 0 amide bonds. The van der Waals surface area contributed by atoms with Crippen molar-refractivity contribution in [3.05, 3.63) is 183 Å². The molecule has 5 aromatic carbocycles. The molecule has 0 radical (unpaired) electrons. The van der Waals surface area contributed by atoms with Crippen molar-refractivity contribution in [1.82, 2.24) is 15.0 Å². The second kappa shape index (κ2) is 17.7. The molecule has 13 nitrogen and oxygen atoms in total. The minimum atomic E-state index is 0.205. The highest BCUT2D eigenvalue weighted by atomic mass is 16.5. The molecule has 7 rings (SSSR count). The maximum absolute atomic E-state index is 9.29. The van der Waals surface area contributed by atoms with E-state index in [4.69, 9.17) is 50.5 Å². The number of pyridine rings is 1. The van der Waals surface area contributed by atoms with Gasteiger partial charge in [-0.2, -0.15) is 10.5 Å². The Balaban J connectivity index is 0.000000198. The monoisotopic (exact) mass is 755 g/mol. The van der Waals surface area contributed by atoms with Gasteiger partial charge in [0.1, 0.15) is 35.1 Å². The molecule has 7 aromatic rings. The Hall–Kier alpha value is -9.27. The Bertz CT molecular complexity index is 2980. The third-order valence-corrected chi connectivity index (χ3v) is 8.20. The summed E-state index contributed by atoms with van der Waals surface area (Å²) in [5.41, 5.74) is 4.41. The van der Waals surface area contributed by atoms with Gasteiger partial charge in [-0.25, -0.2) is 24.6 Å². The molecule has 0 unspecified atom stereocenters. The van der Waals surface area contributed by atoms with Crippen LogP contribution in [0.3, 0.4) is 0 Å². The van der Waals surface area contributed by atoms with E-state index in [1.54, 1.807) is 54.6 Å². The number of benzene rings is 5. The number of para-hydroxylation sites is 1. The van der Waals surface area contributed by atoms with Crippen molar-refractivity contribution in [3.63, 3.8) is 0 Å². The Morgan fingerprint density at radius 3 is 1.48 bits per heavy atom. The molecule has 58 heavy (non-hydrogen) atoms. The van der Waals surface area contributed by atoms with Gasteiger partial charge in [0.25, 0.3) is 0 Å². The summed E-state index contributed by atoms with van der Waals surface area (Å²) in [5, 5.41) is 19.2. The van der Waals surface area contributed by atoms with Crippen molar-refractivity contribution in [2.45, 2.75) is 13.8 Å². The quantitative estimate of drug-likeness (QED) is 0.139. The Morgan fingerprint density at radius 2 is 0.966 bits per heavy atom. The lowest BCUT2D eigenvalue weighted by molar-refractivity contribution is 0.433. The van der Waals surface area contributed by atoms with Crippen LogP contribution in [0.5, 0.6) is 46.4 Å². The molecule has 0 aliphatic carbocycles. The van der Waals surface area contributed by atoms with E-state index in [9.17, 15) is 5.26 Å². The van der Waals surface area contributed by atoms with Crippen molar-refractivity contribution >= 4 is 33.7 Å². The Labute approximate surface area is 333 Å². The van der Waals surface area contributed by atoms with Crippen molar-refractivity contribution in [2.24, 2.45) is 0 Å². The van der Waals surface area contributed by atoms with Crippen LogP contribution in [-0.4, -0.2) is 15.0 Å². The van der Waals surface area contributed by atoms with Crippen LogP contribution < -0.4 is 18.9 Å². The molecular weight excluding hydrogens is 731 g/mol. The molecule has 13 heteroatoms. The van der Waals surface area contributed by atoms with E-state index in [2.05, 4.69) is 46.5 Å². The molecular formula is C45H25N9O4. The third-order valence-electron chi connectivity index (χ3n) is 8.20. The Kier molecular flexibility index (Phi) is 11.7. The van der Waals surface area contributed by atoms with Crippen molar-refractivity contribution in [3.8, 4) is 58.5 Å². The average molecular weight is 756 g/mol. The van der Waals surface area contributed by atoms with Gasteiger partial charge in [-0.15, -0.1) is 0 Å². The number of nitriles is 2. The van der Waals surface area contributed by atoms with Gasteiger partial charge in [-0.3, -0.25) is 9.69 Å². The smallest absolute Gasteiger partial charge is 0.226 e. The summed E-state index contributed by atoms with van der Waals surface area (Å²) in [6, 6.07) is 34.6. The lowest BCUT2D eigenvalue weighted by Crippen LogP contribution is -1.93. The van der Waals surface area contributed by atoms with Crippen LogP contribution in [-0.2, 0) is 0 Å². The number of nitrogens with zero attached hydrogens (tertiary/aromatic N) is 9. The van der Waals surface area contributed by atoms with E-state index < -0.39 is 0 Å². The summed E-state index contributed by atoms with van der Waals surface area (Å²) in [6.07, 6.45) is 1.29. The highest BCUT2D eigenvalue weighted by molar-refractivity contribution is 5.86. The summed E-state index contributed by atoms with van der Waals surface area (Å²) < 4.78 is 23.3. The fourth-order valence-electron chi connectivity index (χ4n) is 5.25. The first kappa shape index (κ1) is 38.5. The lowest BCUT2D eigenvalue weighted by Gasteiger charge is -2.13. The van der Waals surface area contributed by atoms with Crippen LogP contribution >= 0.6 is 0 Å². The number of aryl methyl sites for hydroxylation is 2. The van der Waals surface area contributed by atoms with E-state index in [1.807, 2.05) is 44.2 Å². The van der Waals surface area contributed by atoms with Crippen LogP contribution in [0.4, 0.5) is 22.7 Å². The lowest BCUT2D eigenvalue weighted by atomic mass is 10.1. The summed E-state index contributed by atoms with van der Waals surface area (Å²) in [4.78, 5) is 25.9. The standard InChI is InChI=1S/C25H14N4O2.C20H11N5O2/c1-16-8-9-18(12-17(16)15-26)30-24-14-25(29-21-7-5-4-6-20(21)24)31-19-10-11-22(27-2)23(13-19)28-3;1-13-4-5-15(8-14(13)11-21)26-19-10-20(25-12-24-19)27-16-6-7-17(22-2)18(9-16)23-3/h4-14H,1H3;4-10,12H,1H3. The maximum Gasteiger partial charge on any atom is 0.226 e. The van der Waals surface area contributed by atoms with Gasteiger partial charge >= 0.3 is 0 Å². The fraction of sp³-hybridized carbons (Fsp3) is 0.0444. The average Bonchev–Trinajstić information content (AvgIpc) is 3.25. The van der Waals surface area contributed by atoms with Gasteiger partial charge < -0.3 is 18.9 Å².